The van der Waals surface area contributed by atoms with Crippen LogP contribution in [0.2, 0.25) is 0 Å². The first kappa shape index (κ1) is 13.9. The van der Waals surface area contributed by atoms with E-state index < -0.39 is 0 Å². The lowest BCUT2D eigenvalue weighted by molar-refractivity contribution is 0.0601. The van der Waals surface area contributed by atoms with Crippen LogP contribution >= 0.6 is 0 Å². The highest BCUT2D eigenvalue weighted by molar-refractivity contribution is 5.95. The second-order valence-electron chi connectivity index (χ2n) is 5.64. The monoisotopic (exact) mass is 261 g/mol. The Balaban J connectivity index is 2.13. The van der Waals surface area contributed by atoms with E-state index in [-0.39, 0.29) is 5.97 Å². The van der Waals surface area contributed by atoms with Crippen molar-refractivity contribution < 1.29 is 9.53 Å². The summed E-state index contributed by atoms with van der Waals surface area (Å²) in [4.78, 5) is 11.8. The molecule has 1 saturated carbocycles. The molecule has 3 nitrogen and oxygen atoms in total. The van der Waals surface area contributed by atoms with Crippen molar-refractivity contribution in [1.29, 1.82) is 0 Å². The van der Waals surface area contributed by atoms with Crippen LogP contribution in [0.4, 0.5) is 5.69 Å². The van der Waals surface area contributed by atoms with E-state index in [4.69, 9.17) is 4.74 Å². The minimum absolute atomic E-state index is 0.268. The fourth-order valence-electron chi connectivity index (χ4n) is 2.69. The molecule has 0 aliphatic heterocycles. The number of nitrogens with one attached hydrogen (secondary N) is 1. The molecule has 0 amide bonds. The molecule has 1 aromatic rings. The Labute approximate surface area is 115 Å². The fourth-order valence-corrected chi connectivity index (χ4v) is 2.69. The number of ether oxygens (including phenoxy) is 1. The Morgan fingerprint density at radius 3 is 2.58 bits per heavy atom. The number of benzene rings is 1. The molecule has 19 heavy (non-hydrogen) atoms. The lowest BCUT2D eigenvalue weighted by Gasteiger charge is -2.28. The highest BCUT2D eigenvalue weighted by Gasteiger charge is 2.20. The Bertz CT molecular complexity index is 448. The van der Waals surface area contributed by atoms with Crippen molar-refractivity contribution in [2.75, 3.05) is 12.4 Å². The molecule has 1 fully saturated rings. The number of anilines is 1. The first-order chi connectivity index (χ1) is 9.10. The average molecular weight is 261 g/mol. The molecular formula is C16H23NO2. The SMILES string of the molecule is COC(=O)c1cc(C)ccc1NC1CCC(C)CC1. The maximum absolute atomic E-state index is 11.8. The molecule has 104 valence electrons. The number of rotatable bonds is 3. The molecule has 3 heteroatoms. The molecule has 0 radical (unpaired) electrons. The predicted molar refractivity (Wildman–Crippen MR) is 77.6 cm³/mol. The van der Waals surface area contributed by atoms with Crippen molar-refractivity contribution in [2.45, 2.75) is 45.6 Å². The maximum atomic E-state index is 11.8. The zero-order chi connectivity index (χ0) is 13.8. The summed E-state index contributed by atoms with van der Waals surface area (Å²) in [6, 6.07) is 6.38. The van der Waals surface area contributed by atoms with Crippen molar-refractivity contribution in [3.8, 4) is 0 Å². The van der Waals surface area contributed by atoms with E-state index in [0.717, 1.165) is 17.2 Å². The van der Waals surface area contributed by atoms with Gasteiger partial charge >= 0.3 is 5.97 Å². The third-order valence-electron chi connectivity index (χ3n) is 3.96. The molecule has 0 atom stereocenters. The molecule has 2 rings (SSSR count). The number of carbonyl (C=O) groups excluding carboxylic acids is 1. The van der Waals surface area contributed by atoms with Crippen molar-refractivity contribution in [1.82, 2.24) is 0 Å². The highest BCUT2D eigenvalue weighted by atomic mass is 16.5. The third-order valence-corrected chi connectivity index (χ3v) is 3.96. The summed E-state index contributed by atoms with van der Waals surface area (Å²) in [5, 5.41) is 3.51. The van der Waals surface area contributed by atoms with Gasteiger partial charge in [0.2, 0.25) is 0 Å². The second-order valence-corrected chi connectivity index (χ2v) is 5.64. The first-order valence-electron chi connectivity index (χ1n) is 7.05. The van der Waals surface area contributed by atoms with Crippen LogP contribution in [0.25, 0.3) is 0 Å². The van der Waals surface area contributed by atoms with Gasteiger partial charge in [0.15, 0.2) is 0 Å². The molecule has 1 N–H and O–H groups in total. The van der Waals surface area contributed by atoms with Crippen molar-refractivity contribution in [3.05, 3.63) is 29.3 Å². The molecule has 0 aromatic heterocycles. The lowest BCUT2D eigenvalue weighted by atomic mass is 9.87. The predicted octanol–water partition coefficient (Wildman–Crippen LogP) is 3.77. The van der Waals surface area contributed by atoms with Gasteiger partial charge in [0, 0.05) is 11.7 Å². The minimum Gasteiger partial charge on any atom is -0.465 e. The van der Waals surface area contributed by atoms with Crippen molar-refractivity contribution in [3.63, 3.8) is 0 Å². The van der Waals surface area contributed by atoms with Crippen molar-refractivity contribution >= 4 is 11.7 Å². The van der Waals surface area contributed by atoms with Crippen LogP contribution in [0.5, 0.6) is 0 Å². The number of carbonyl (C=O) groups is 1. The minimum atomic E-state index is -0.268. The molecular weight excluding hydrogens is 238 g/mol. The summed E-state index contributed by atoms with van der Waals surface area (Å²) in [7, 11) is 1.43. The van der Waals surface area contributed by atoms with E-state index in [1.54, 1.807) is 0 Å². The van der Waals surface area contributed by atoms with Crippen LogP contribution in [-0.2, 0) is 4.74 Å². The van der Waals surface area contributed by atoms with E-state index in [0.29, 0.717) is 11.6 Å². The van der Waals surface area contributed by atoms with Gasteiger partial charge in [0.1, 0.15) is 0 Å². The van der Waals surface area contributed by atoms with Crippen LogP contribution in [-0.4, -0.2) is 19.1 Å². The molecule has 1 aliphatic rings. The summed E-state index contributed by atoms with van der Waals surface area (Å²) in [6.07, 6.45) is 4.87. The summed E-state index contributed by atoms with van der Waals surface area (Å²) < 4.78 is 4.86. The number of hydrogen-bond acceptors (Lipinski definition) is 3. The molecule has 1 aliphatic carbocycles. The molecule has 0 unspecified atom stereocenters. The largest absolute Gasteiger partial charge is 0.465 e. The normalized spacial score (nSPS) is 22.9. The third kappa shape index (κ3) is 3.49. The summed E-state index contributed by atoms with van der Waals surface area (Å²) in [5.74, 6) is 0.562. The zero-order valence-electron chi connectivity index (χ0n) is 12.0. The number of aryl methyl sites for hydroxylation is 1. The number of hydrogen-bond donors (Lipinski definition) is 1. The van der Waals surface area contributed by atoms with Gasteiger partial charge in [-0.15, -0.1) is 0 Å². The summed E-state index contributed by atoms with van der Waals surface area (Å²) in [5.41, 5.74) is 2.61. The van der Waals surface area contributed by atoms with Crippen molar-refractivity contribution in [2.24, 2.45) is 5.92 Å². The van der Waals surface area contributed by atoms with E-state index in [1.807, 2.05) is 25.1 Å². The van der Waals surface area contributed by atoms with Gasteiger partial charge < -0.3 is 10.1 Å². The zero-order valence-corrected chi connectivity index (χ0v) is 12.0. The van der Waals surface area contributed by atoms with Crippen LogP contribution in [0.1, 0.15) is 48.5 Å². The fraction of sp³-hybridized carbons (Fsp3) is 0.562. The van der Waals surface area contributed by atoms with Gasteiger partial charge in [-0.25, -0.2) is 4.79 Å². The topological polar surface area (TPSA) is 38.3 Å². The molecule has 1 aromatic carbocycles. The molecule has 0 saturated heterocycles. The van der Waals surface area contributed by atoms with Crippen LogP contribution in [0.15, 0.2) is 18.2 Å². The summed E-state index contributed by atoms with van der Waals surface area (Å²) in [6.45, 7) is 4.29. The second kappa shape index (κ2) is 6.09. The van der Waals surface area contributed by atoms with E-state index in [9.17, 15) is 4.79 Å². The smallest absolute Gasteiger partial charge is 0.339 e. The van der Waals surface area contributed by atoms with Gasteiger partial charge in [-0.05, 0) is 50.7 Å². The highest BCUT2D eigenvalue weighted by Crippen LogP contribution is 2.27. The van der Waals surface area contributed by atoms with E-state index in [1.165, 1.54) is 32.8 Å². The molecule has 0 spiro atoms. The van der Waals surface area contributed by atoms with Gasteiger partial charge in [0.25, 0.3) is 0 Å². The Morgan fingerprint density at radius 1 is 1.26 bits per heavy atom. The quantitative estimate of drug-likeness (QED) is 0.842. The Kier molecular flexibility index (Phi) is 4.46. The van der Waals surface area contributed by atoms with E-state index >= 15 is 0 Å². The Morgan fingerprint density at radius 2 is 1.95 bits per heavy atom. The molecule has 0 heterocycles. The van der Waals surface area contributed by atoms with Crippen LogP contribution < -0.4 is 5.32 Å². The van der Waals surface area contributed by atoms with E-state index in [2.05, 4.69) is 12.2 Å². The Hall–Kier alpha value is -1.51. The lowest BCUT2D eigenvalue weighted by Crippen LogP contribution is -2.26. The maximum Gasteiger partial charge on any atom is 0.339 e. The van der Waals surface area contributed by atoms with Gasteiger partial charge in [-0.2, -0.15) is 0 Å². The summed E-state index contributed by atoms with van der Waals surface area (Å²) >= 11 is 0. The first-order valence-corrected chi connectivity index (χ1v) is 7.05. The van der Waals surface area contributed by atoms with Gasteiger partial charge in [0.05, 0.1) is 12.7 Å². The van der Waals surface area contributed by atoms with Gasteiger partial charge in [-0.3, -0.25) is 0 Å². The number of methoxy groups -OCH3 is 1. The molecule has 0 bridgehead atoms. The van der Waals surface area contributed by atoms with Crippen LogP contribution in [0.3, 0.4) is 0 Å². The van der Waals surface area contributed by atoms with Crippen LogP contribution in [0, 0.1) is 12.8 Å². The standard InChI is InChI=1S/C16H23NO2/c1-11-4-7-13(8-5-11)17-15-9-6-12(2)10-14(15)16(18)19-3/h6,9-11,13,17H,4-5,7-8H2,1-3H3. The number of esters is 1. The van der Waals surface area contributed by atoms with Gasteiger partial charge in [-0.1, -0.05) is 18.6 Å². The average Bonchev–Trinajstić information content (AvgIpc) is 2.42.